The summed E-state index contributed by atoms with van der Waals surface area (Å²) in [5, 5.41) is 13.3. The Kier molecular flexibility index (Phi) is 2.94. The molecule has 0 fully saturated rings. The molecule has 0 spiro atoms. The van der Waals surface area contributed by atoms with Crippen LogP contribution in [0.3, 0.4) is 0 Å². The molecule has 96 valence electrons. The van der Waals surface area contributed by atoms with Gasteiger partial charge in [-0.3, -0.25) is 4.68 Å². The Bertz CT molecular complexity index is 591. The summed E-state index contributed by atoms with van der Waals surface area (Å²) in [5.74, 6) is 0.341. The molecule has 1 N–H and O–H groups in total. The third kappa shape index (κ3) is 2.01. The Morgan fingerprint density at radius 2 is 1.94 bits per heavy atom. The lowest BCUT2D eigenvalue weighted by Gasteiger charge is -2.00. The molecule has 0 bridgehead atoms. The molecular formula is C12H15N3O3. The van der Waals surface area contributed by atoms with Crippen molar-refractivity contribution in [2.75, 3.05) is 0 Å². The first kappa shape index (κ1) is 12.3. The Morgan fingerprint density at radius 1 is 1.28 bits per heavy atom. The zero-order valence-electron chi connectivity index (χ0n) is 10.8. The lowest BCUT2D eigenvalue weighted by molar-refractivity contribution is 0.0695. The van der Waals surface area contributed by atoms with Gasteiger partial charge in [-0.05, 0) is 27.7 Å². The first-order valence-electron chi connectivity index (χ1n) is 5.60. The molecule has 0 aliphatic rings. The van der Waals surface area contributed by atoms with Crippen molar-refractivity contribution in [1.29, 1.82) is 0 Å². The first-order valence-corrected chi connectivity index (χ1v) is 5.60. The number of hydrogen-bond donors (Lipinski definition) is 1. The van der Waals surface area contributed by atoms with Gasteiger partial charge in [0.25, 0.3) is 0 Å². The SMILES string of the molecule is Cc1nc(Cn2nc(C)c(C(=O)O)c2C)oc1C. The molecule has 0 aromatic carbocycles. The highest BCUT2D eigenvalue weighted by Crippen LogP contribution is 2.15. The van der Waals surface area contributed by atoms with E-state index in [4.69, 9.17) is 9.52 Å². The van der Waals surface area contributed by atoms with Crippen LogP contribution in [0, 0.1) is 27.7 Å². The number of hydrogen-bond acceptors (Lipinski definition) is 4. The summed E-state index contributed by atoms with van der Waals surface area (Å²) in [7, 11) is 0. The monoisotopic (exact) mass is 249 g/mol. The van der Waals surface area contributed by atoms with Crippen molar-refractivity contribution in [1.82, 2.24) is 14.8 Å². The fourth-order valence-corrected chi connectivity index (χ4v) is 1.90. The molecule has 2 aromatic rings. The molecule has 0 radical (unpaired) electrons. The van der Waals surface area contributed by atoms with Crippen LogP contribution >= 0.6 is 0 Å². The zero-order chi connectivity index (χ0) is 13.4. The average molecular weight is 249 g/mol. The van der Waals surface area contributed by atoms with Gasteiger partial charge < -0.3 is 9.52 Å². The molecule has 0 amide bonds. The van der Waals surface area contributed by atoms with Crippen LogP contribution in [0.2, 0.25) is 0 Å². The van der Waals surface area contributed by atoms with Crippen molar-refractivity contribution in [3.8, 4) is 0 Å². The number of aryl methyl sites for hydroxylation is 3. The van der Waals surface area contributed by atoms with E-state index in [1.807, 2.05) is 13.8 Å². The fraction of sp³-hybridized carbons (Fsp3) is 0.417. The van der Waals surface area contributed by atoms with E-state index in [1.165, 1.54) is 0 Å². The Morgan fingerprint density at radius 3 is 2.39 bits per heavy atom. The van der Waals surface area contributed by atoms with E-state index in [2.05, 4.69) is 10.1 Å². The maximum atomic E-state index is 11.1. The first-order chi connectivity index (χ1) is 8.40. The van der Waals surface area contributed by atoms with E-state index in [-0.39, 0.29) is 5.56 Å². The molecule has 0 aliphatic heterocycles. The van der Waals surface area contributed by atoms with Gasteiger partial charge in [0.15, 0.2) is 0 Å². The van der Waals surface area contributed by atoms with Crippen LogP contribution in [-0.4, -0.2) is 25.8 Å². The molecule has 2 rings (SSSR count). The third-order valence-corrected chi connectivity index (χ3v) is 2.95. The van der Waals surface area contributed by atoms with Crippen LogP contribution in [0.1, 0.15) is 39.1 Å². The van der Waals surface area contributed by atoms with Crippen molar-refractivity contribution in [3.63, 3.8) is 0 Å². The molecule has 6 heteroatoms. The minimum Gasteiger partial charge on any atom is -0.478 e. The fourth-order valence-electron chi connectivity index (χ4n) is 1.90. The number of aromatic nitrogens is 3. The highest BCUT2D eigenvalue weighted by Gasteiger charge is 2.18. The van der Waals surface area contributed by atoms with E-state index in [9.17, 15) is 4.79 Å². The van der Waals surface area contributed by atoms with Gasteiger partial charge in [-0.1, -0.05) is 0 Å². The van der Waals surface area contributed by atoms with Gasteiger partial charge in [0, 0.05) is 0 Å². The number of carbonyl (C=O) groups is 1. The smallest absolute Gasteiger partial charge is 0.339 e. The number of nitrogens with zero attached hydrogens (tertiary/aromatic N) is 3. The summed E-state index contributed by atoms with van der Waals surface area (Å²) in [6.07, 6.45) is 0. The van der Waals surface area contributed by atoms with Crippen molar-refractivity contribution in [2.45, 2.75) is 34.2 Å². The Hall–Kier alpha value is -2.11. The second-order valence-corrected chi connectivity index (χ2v) is 4.26. The summed E-state index contributed by atoms with van der Waals surface area (Å²) in [6, 6.07) is 0. The predicted molar refractivity (Wildman–Crippen MR) is 63.7 cm³/mol. The molecule has 0 saturated carbocycles. The molecule has 0 aliphatic carbocycles. The molecule has 0 saturated heterocycles. The van der Waals surface area contributed by atoms with Gasteiger partial charge in [0.05, 0.1) is 17.1 Å². The number of carboxylic acids is 1. The van der Waals surface area contributed by atoms with Crippen LogP contribution in [0.25, 0.3) is 0 Å². The van der Waals surface area contributed by atoms with E-state index >= 15 is 0 Å². The zero-order valence-corrected chi connectivity index (χ0v) is 10.8. The predicted octanol–water partition coefficient (Wildman–Crippen LogP) is 1.85. The van der Waals surface area contributed by atoms with Crippen LogP contribution in [0.5, 0.6) is 0 Å². The minimum absolute atomic E-state index is 0.245. The van der Waals surface area contributed by atoms with Gasteiger partial charge in [0.1, 0.15) is 17.9 Å². The lowest BCUT2D eigenvalue weighted by Crippen LogP contribution is -2.06. The van der Waals surface area contributed by atoms with Crippen LogP contribution < -0.4 is 0 Å². The van der Waals surface area contributed by atoms with Crippen molar-refractivity contribution >= 4 is 5.97 Å². The van der Waals surface area contributed by atoms with E-state index in [0.29, 0.717) is 23.8 Å². The maximum Gasteiger partial charge on any atom is 0.339 e. The third-order valence-electron chi connectivity index (χ3n) is 2.95. The van der Waals surface area contributed by atoms with Crippen LogP contribution in [0.15, 0.2) is 4.42 Å². The Balaban J connectivity index is 2.35. The van der Waals surface area contributed by atoms with Gasteiger partial charge in [-0.15, -0.1) is 0 Å². The maximum absolute atomic E-state index is 11.1. The van der Waals surface area contributed by atoms with E-state index in [0.717, 1.165) is 11.5 Å². The van der Waals surface area contributed by atoms with Crippen LogP contribution in [0.4, 0.5) is 0 Å². The largest absolute Gasteiger partial charge is 0.478 e. The summed E-state index contributed by atoms with van der Waals surface area (Å²) >= 11 is 0. The Labute approximate surface area is 104 Å². The molecule has 0 atom stereocenters. The van der Waals surface area contributed by atoms with Gasteiger partial charge >= 0.3 is 5.97 Å². The molecule has 2 aromatic heterocycles. The molecule has 6 nitrogen and oxygen atoms in total. The lowest BCUT2D eigenvalue weighted by atomic mass is 10.2. The number of aromatic carboxylic acids is 1. The standard InChI is InChI=1S/C12H15N3O3/c1-6-9(4)18-10(13-6)5-15-8(3)11(12(16)17)7(2)14-15/h5H2,1-4H3,(H,16,17). The summed E-state index contributed by atoms with van der Waals surface area (Å²) in [5.41, 5.74) is 2.19. The molecular weight excluding hydrogens is 234 g/mol. The normalized spacial score (nSPS) is 10.9. The van der Waals surface area contributed by atoms with Gasteiger partial charge in [0.2, 0.25) is 5.89 Å². The molecule has 0 unspecified atom stereocenters. The second kappa shape index (κ2) is 4.29. The number of rotatable bonds is 3. The summed E-state index contributed by atoms with van der Waals surface area (Å²) < 4.78 is 7.06. The highest BCUT2D eigenvalue weighted by molar-refractivity contribution is 5.90. The van der Waals surface area contributed by atoms with Crippen molar-refractivity contribution < 1.29 is 14.3 Å². The van der Waals surface area contributed by atoms with E-state index in [1.54, 1.807) is 18.5 Å². The summed E-state index contributed by atoms with van der Waals surface area (Å²) in [6.45, 7) is 7.46. The van der Waals surface area contributed by atoms with E-state index < -0.39 is 5.97 Å². The number of carboxylic acid groups (broad SMARTS) is 1. The quantitative estimate of drug-likeness (QED) is 0.897. The van der Waals surface area contributed by atoms with Gasteiger partial charge in [-0.2, -0.15) is 5.10 Å². The number of oxazole rings is 1. The van der Waals surface area contributed by atoms with Crippen LogP contribution in [-0.2, 0) is 6.54 Å². The molecule has 2 heterocycles. The topological polar surface area (TPSA) is 81.2 Å². The van der Waals surface area contributed by atoms with Crippen molar-refractivity contribution in [2.24, 2.45) is 0 Å². The molecule has 18 heavy (non-hydrogen) atoms. The van der Waals surface area contributed by atoms with Crippen molar-refractivity contribution in [3.05, 3.63) is 34.3 Å². The highest BCUT2D eigenvalue weighted by atomic mass is 16.4. The second-order valence-electron chi connectivity index (χ2n) is 4.26. The minimum atomic E-state index is -0.962. The summed E-state index contributed by atoms with van der Waals surface area (Å²) in [4.78, 5) is 15.3. The van der Waals surface area contributed by atoms with Gasteiger partial charge in [-0.25, -0.2) is 9.78 Å². The average Bonchev–Trinajstić information content (AvgIpc) is 2.69.